The lowest BCUT2D eigenvalue weighted by atomic mass is 9.90. The van der Waals surface area contributed by atoms with Gasteiger partial charge >= 0.3 is 12.3 Å². The van der Waals surface area contributed by atoms with Gasteiger partial charge in [0.05, 0.1) is 35.7 Å². The van der Waals surface area contributed by atoms with Gasteiger partial charge in [-0.15, -0.1) is 5.10 Å². The standard InChI is InChI=1S/C35H39ClF4N8O2/c1-19-22(9-8-10-25(19)36)26-24(35(38,39)40)16-23-28(27(26)37)42-31(46-17-34(5,18-46)45(6)7)29-30(23)48(44-43-29)21-12-14-47(20(15-21)11-13-41)32(49)50-33(2,3)4/h8-10,16,20-21H,11-12,14-15,17-18H2,1-7H3/t20-,21+/m1/s1. The molecule has 2 aliphatic rings. The molecule has 4 aromatic rings. The number of nitriles is 1. The number of pyridine rings is 1. The molecule has 0 spiro atoms. The number of hydrogen-bond donors (Lipinski definition) is 0. The number of likely N-dealkylation sites (tertiary alicyclic amines) is 1. The quantitative estimate of drug-likeness (QED) is 0.193. The van der Waals surface area contributed by atoms with Crippen molar-refractivity contribution in [3.63, 3.8) is 0 Å². The number of likely N-dealkylation sites (N-methyl/N-ethyl adjacent to an activating group) is 1. The molecule has 0 saturated carbocycles. The van der Waals surface area contributed by atoms with Crippen LogP contribution >= 0.6 is 11.6 Å². The minimum absolute atomic E-state index is 0.00200. The lowest BCUT2D eigenvalue weighted by Gasteiger charge is -2.52. The first kappa shape index (κ1) is 35.6. The zero-order valence-electron chi connectivity index (χ0n) is 29.0. The molecule has 2 saturated heterocycles. The third kappa shape index (κ3) is 6.19. The van der Waals surface area contributed by atoms with Gasteiger partial charge in [0, 0.05) is 35.6 Å². The van der Waals surface area contributed by atoms with Gasteiger partial charge in [0.2, 0.25) is 0 Å². The summed E-state index contributed by atoms with van der Waals surface area (Å²) in [7, 11) is 3.91. The van der Waals surface area contributed by atoms with Gasteiger partial charge in [0.15, 0.2) is 17.2 Å². The summed E-state index contributed by atoms with van der Waals surface area (Å²) in [5.74, 6) is -0.820. The second-order valence-electron chi connectivity index (χ2n) is 14.7. The summed E-state index contributed by atoms with van der Waals surface area (Å²) < 4.78 is 68.8. The van der Waals surface area contributed by atoms with Crippen LogP contribution in [-0.2, 0) is 10.9 Å². The molecule has 2 atom stereocenters. The number of ether oxygens (including phenoxy) is 1. The second kappa shape index (κ2) is 12.5. The number of halogens is 5. The van der Waals surface area contributed by atoms with E-state index in [0.717, 1.165) is 6.07 Å². The van der Waals surface area contributed by atoms with Crippen molar-refractivity contribution in [3.8, 4) is 17.2 Å². The van der Waals surface area contributed by atoms with E-state index in [1.807, 2.05) is 19.0 Å². The van der Waals surface area contributed by atoms with Crippen LogP contribution in [0.4, 0.5) is 28.2 Å². The first-order chi connectivity index (χ1) is 23.3. The van der Waals surface area contributed by atoms with Crippen molar-refractivity contribution in [2.24, 2.45) is 0 Å². The van der Waals surface area contributed by atoms with Gasteiger partial charge in [-0.1, -0.05) is 28.9 Å². The Morgan fingerprint density at radius 2 is 1.90 bits per heavy atom. The van der Waals surface area contributed by atoms with Crippen molar-refractivity contribution in [2.75, 3.05) is 38.6 Å². The highest BCUT2D eigenvalue weighted by atomic mass is 35.5. The maximum absolute atomic E-state index is 17.0. The van der Waals surface area contributed by atoms with Crippen molar-refractivity contribution in [2.45, 2.75) is 83.3 Å². The van der Waals surface area contributed by atoms with Crippen LogP contribution in [0.3, 0.4) is 0 Å². The number of carbonyl (C=O) groups is 1. The molecule has 266 valence electrons. The molecule has 0 unspecified atom stereocenters. The molecule has 10 nitrogen and oxygen atoms in total. The zero-order chi connectivity index (χ0) is 36.5. The fourth-order valence-corrected chi connectivity index (χ4v) is 7.12. The molecule has 2 aromatic carbocycles. The number of amides is 1. The Balaban J connectivity index is 1.57. The molecule has 2 aromatic heterocycles. The molecular weight excluding hydrogens is 676 g/mol. The smallest absolute Gasteiger partial charge is 0.417 e. The number of piperidine rings is 1. The number of fused-ring (bicyclic) bond motifs is 3. The van der Waals surface area contributed by atoms with Gasteiger partial charge < -0.3 is 19.4 Å². The van der Waals surface area contributed by atoms with Gasteiger partial charge in [-0.3, -0.25) is 0 Å². The second-order valence-corrected chi connectivity index (χ2v) is 15.1. The van der Waals surface area contributed by atoms with E-state index < -0.39 is 46.9 Å². The number of aromatic nitrogens is 4. The molecule has 2 aliphatic heterocycles. The van der Waals surface area contributed by atoms with E-state index in [4.69, 9.17) is 16.3 Å². The summed E-state index contributed by atoms with van der Waals surface area (Å²) in [5, 5.41) is 18.6. The lowest BCUT2D eigenvalue weighted by Crippen LogP contribution is -2.67. The molecular formula is C35H39ClF4N8O2. The normalized spacial score (nSPS) is 19.6. The van der Waals surface area contributed by atoms with Crippen LogP contribution in [0.1, 0.15) is 64.1 Å². The van der Waals surface area contributed by atoms with Gasteiger partial charge in [-0.25, -0.2) is 18.9 Å². The summed E-state index contributed by atoms with van der Waals surface area (Å²) in [6.45, 7) is 10.1. The minimum Gasteiger partial charge on any atom is -0.444 e. The molecule has 1 amide bonds. The Morgan fingerprint density at radius 1 is 1.20 bits per heavy atom. The van der Waals surface area contributed by atoms with Gasteiger partial charge in [-0.05, 0) is 84.8 Å². The molecule has 15 heteroatoms. The van der Waals surface area contributed by atoms with Crippen LogP contribution in [0.15, 0.2) is 24.3 Å². The Labute approximate surface area is 292 Å². The third-order valence-electron chi connectivity index (χ3n) is 9.89. The molecule has 0 aliphatic carbocycles. The van der Waals surface area contributed by atoms with Crippen LogP contribution < -0.4 is 4.90 Å². The molecule has 4 heterocycles. The summed E-state index contributed by atoms with van der Waals surface area (Å²) in [6, 6.07) is 6.46. The Hall–Kier alpha value is -4.22. The molecule has 0 N–H and O–H groups in total. The largest absolute Gasteiger partial charge is 0.444 e. The number of hydrogen-bond acceptors (Lipinski definition) is 8. The summed E-state index contributed by atoms with van der Waals surface area (Å²) in [4.78, 5) is 23.3. The molecule has 2 fully saturated rings. The van der Waals surface area contributed by atoms with E-state index >= 15 is 4.39 Å². The van der Waals surface area contributed by atoms with Gasteiger partial charge in [0.1, 0.15) is 16.6 Å². The van der Waals surface area contributed by atoms with Crippen LogP contribution in [0.2, 0.25) is 5.02 Å². The van der Waals surface area contributed by atoms with E-state index in [1.54, 1.807) is 27.7 Å². The number of carbonyl (C=O) groups excluding carboxylic acids is 1. The van der Waals surface area contributed by atoms with Crippen molar-refractivity contribution in [1.82, 2.24) is 29.8 Å². The lowest BCUT2D eigenvalue weighted by molar-refractivity contribution is -0.137. The highest BCUT2D eigenvalue weighted by Crippen LogP contribution is 2.46. The molecule has 0 bridgehead atoms. The maximum atomic E-state index is 17.0. The van der Waals surface area contributed by atoms with Crippen molar-refractivity contribution in [1.29, 1.82) is 5.26 Å². The third-order valence-corrected chi connectivity index (χ3v) is 10.3. The zero-order valence-corrected chi connectivity index (χ0v) is 29.7. The van der Waals surface area contributed by atoms with Crippen molar-refractivity contribution in [3.05, 3.63) is 46.2 Å². The monoisotopic (exact) mass is 714 g/mol. The van der Waals surface area contributed by atoms with Crippen molar-refractivity contribution < 1.29 is 27.1 Å². The average molecular weight is 715 g/mol. The topological polar surface area (TPSA) is 103 Å². The Morgan fingerprint density at radius 3 is 2.52 bits per heavy atom. The van der Waals surface area contributed by atoms with E-state index in [-0.39, 0.29) is 57.4 Å². The van der Waals surface area contributed by atoms with Crippen LogP contribution in [0, 0.1) is 24.1 Å². The van der Waals surface area contributed by atoms with Crippen LogP contribution in [-0.4, -0.2) is 86.8 Å². The van der Waals surface area contributed by atoms with E-state index in [9.17, 15) is 23.2 Å². The molecule has 6 rings (SSSR count). The number of rotatable bonds is 5. The number of anilines is 1. The Kier molecular flexibility index (Phi) is 8.92. The predicted octanol–water partition coefficient (Wildman–Crippen LogP) is 7.76. The van der Waals surface area contributed by atoms with E-state index in [0.29, 0.717) is 30.9 Å². The first-order valence-corrected chi connectivity index (χ1v) is 16.7. The fraction of sp³-hybridized carbons (Fsp3) is 0.514. The fourth-order valence-electron chi connectivity index (χ4n) is 6.95. The highest BCUT2D eigenvalue weighted by Gasteiger charge is 2.44. The van der Waals surface area contributed by atoms with Crippen molar-refractivity contribution >= 4 is 45.4 Å². The molecule has 50 heavy (non-hydrogen) atoms. The average Bonchev–Trinajstić information content (AvgIpc) is 3.45. The summed E-state index contributed by atoms with van der Waals surface area (Å²) >= 11 is 6.31. The number of nitrogens with zero attached hydrogens (tertiary/aromatic N) is 8. The van der Waals surface area contributed by atoms with Gasteiger partial charge in [-0.2, -0.15) is 18.4 Å². The van der Waals surface area contributed by atoms with E-state index in [1.165, 1.54) is 27.8 Å². The summed E-state index contributed by atoms with van der Waals surface area (Å²) in [5.41, 5.74) is -2.29. The Bertz CT molecular complexity index is 2030. The number of alkyl halides is 3. The van der Waals surface area contributed by atoms with Crippen LogP contribution in [0.5, 0.6) is 0 Å². The highest BCUT2D eigenvalue weighted by molar-refractivity contribution is 6.31. The van der Waals surface area contributed by atoms with Crippen LogP contribution in [0.25, 0.3) is 33.1 Å². The van der Waals surface area contributed by atoms with Gasteiger partial charge in [0.25, 0.3) is 0 Å². The molecule has 0 radical (unpaired) electrons. The number of benzene rings is 2. The minimum atomic E-state index is -4.94. The SMILES string of the molecule is Cc1c(Cl)cccc1-c1c(C(F)(F)F)cc2c(nc(N3CC(C)(N(C)C)C3)c3nnn([C@H]4CCN(C(=O)OC(C)(C)C)[C@H](CC#N)C4)c32)c1F. The summed E-state index contributed by atoms with van der Waals surface area (Å²) in [6.07, 6.45) is -4.90. The predicted molar refractivity (Wildman–Crippen MR) is 183 cm³/mol. The first-order valence-electron chi connectivity index (χ1n) is 16.4. The maximum Gasteiger partial charge on any atom is 0.417 e. The van der Waals surface area contributed by atoms with E-state index in [2.05, 4.69) is 33.2 Å².